The summed E-state index contributed by atoms with van der Waals surface area (Å²) in [4.78, 5) is 2.43. The molecule has 2 nitrogen and oxygen atoms in total. The summed E-state index contributed by atoms with van der Waals surface area (Å²) in [5.41, 5.74) is 12.1. The van der Waals surface area contributed by atoms with Gasteiger partial charge in [-0.15, -0.1) is 11.3 Å². The maximum atomic E-state index is 6.68. The van der Waals surface area contributed by atoms with Crippen LogP contribution in [0.2, 0.25) is 0 Å². The number of thiophene rings is 1. The summed E-state index contributed by atoms with van der Waals surface area (Å²) in [5, 5.41) is 4.76. The van der Waals surface area contributed by atoms with E-state index in [-0.39, 0.29) is 0 Å². The largest absolute Gasteiger partial charge is 0.456 e. The van der Waals surface area contributed by atoms with E-state index >= 15 is 0 Å². The molecule has 10 aromatic rings. The average molecular weight is 670 g/mol. The number of rotatable bonds is 6. The zero-order valence-corrected chi connectivity index (χ0v) is 28.5. The Labute approximate surface area is 300 Å². The molecule has 0 saturated heterocycles. The smallest absolute Gasteiger partial charge is 0.137 e. The lowest BCUT2D eigenvalue weighted by molar-refractivity contribution is 0.669. The lowest BCUT2D eigenvalue weighted by Gasteiger charge is -2.29. The van der Waals surface area contributed by atoms with E-state index in [1.807, 2.05) is 17.4 Å². The Bertz CT molecular complexity index is 2840. The van der Waals surface area contributed by atoms with Gasteiger partial charge in [0.1, 0.15) is 11.2 Å². The molecule has 2 aromatic heterocycles. The van der Waals surface area contributed by atoms with Crippen molar-refractivity contribution < 1.29 is 4.42 Å². The van der Waals surface area contributed by atoms with E-state index in [0.29, 0.717) is 0 Å². The summed E-state index contributed by atoms with van der Waals surface area (Å²) in [5.74, 6) is 0. The standard InChI is InChI=1S/C48H31NOS/c1-4-12-32(13-5-1)34-20-23-37(24-21-34)49(38-25-27-41-40-26-22-36(33-14-6-2-7-15-33)30-44(40)50-45(41)31-38)47-39(35-16-8-3-9-17-35)28-29-43-42-18-10-11-19-46(42)51-48(43)47/h1-31H. The van der Waals surface area contributed by atoms with Gasteiger partial charge in [0.05, 0.1) is 10.4 Å². The molecular weight excluding hydrogens is 639 g/mol. The molecule has 0 unspecified atom stereocenters. The van der Waals surface area contributed by atoms with Crippen molar-refractivity contribution in [2.24, 2.45) is 0 Å². The first kappa shape index (κ1) is 29.5. The number of furan rings is 1. The number of hydrogen-bond acceptors (Lipinski definition) is 3. The van der Waals surface area contributed by atoms with Gasteiger partial charge in [0.15, 0.2) is 0 Å². The minimum Gasteiger partial charge on any atom is -0.456 e. The molecule has 8 aromatic carbocycles. The van der Waals surface area contributed by atoms with Crippen LogP contribution < -0.4 is 4.90 Å². The van der Waals surface area contributed by atoms with Gasteiger partial charge in [-0.25, -0.2) is 0 Å². The molecule has 0 amide bonds. The topological polar surface area (TPSA) is 16.4 Å². The molecule has 0 bridgehead atoms. The van der Waals surface area contributed by atoms with Crippen LogP contribution in [0.25, 0.3) is 75.5 Å². The van der Waals surface area contributed by atoms with Crippen LogP contribution in [-0.4, -0.2) is 0 Å². The van der Waals surface area contributed by atoms with E-state index in [2.05, 4.69) is 187 Å². The Morgan fingerprint density at radius 2 is 0.902 bits per heavy atom. The van der Waals surface area contributed by atoms with Gasteiger partial charge in [-0.1, -0.05) is 140 Å². The van der Waals surface area contributed by atoms with Crippen molar-refractivity contribution in [3.63, 3.8) is 0 Å². The number of benzene rings is 8. The van der Waals surface area contributed by atoms with E-state index in [1.165, 1.54) is 48.0 Å². The minimum absolute atomic E-state index is 0.864. The molecule has 0 saturated carbocycles. The van der Waals surface area contributed by atoms with Crippen LogP contribution in [0.15, 0.2) is 192 Å². The quantitative estimate of drug-likeness (QED) is 0.175. The van der Waals surface area contributed by atoms with Crippen molar-refractivity contribution in [2.75, 3.05) is 4.90 Å². The highest BCUT2D eigenvalue weighted by Gasteiger charge is 2.23. The number of nitrogens with zero attached hydrogens (tertiary/aromatic N) is 1. The third-order valence-electron chi connectivity index (χ3n) is 9.88. The van der Waals surface area contributed by atoms with Gasteiger partial charge in [0.2, 0.25) is 0 Å². The molecule has 51 heavy (non-hydrogen) atoms. The van der Waals surface area contributed by atoms with Crippen molar-refractivity contribution in [3.8, 4) is 33.4 Å². The van der Waals surface area contributed by atoms with Gasteiger partial charge in [-0.2, -0.15) is 0 Å². The fourth-order valence-electron chi connectivity index (χ4n) is 7.40. The second kappa shape index (κ2) is 12.2. The van der Waals surface area contributed by atoms with Crippen LogP contribution >= 0.6 is 11.3 Å². The summed E-state index contributed by atoms with van der Waals surface area (Å²) in [7, 11) is 0. The predicted molar refractivity (Wildman–Crippen MR) is 218 cm³/mol. The van der Waals surface area contributed by atoms with Crippen molar-refractivity contribution in [2.45, 2.75) is 0 Å². The molecule has 3 heteroatoms. The molecule has 0 spiro atoms. The maximum absolute atomic E-state index is 6.68. The van der Waals surface area contributed by atoms with Gasteiger partial charge in [0, 0.05) is 49.2 Å². The van der Waals surface area contributed by atoms with Crippen LogP contribution in [0.1, 0.15) is 0 Å². The number of fused-ring (bicyclic) bond motifs is 6. The first-order chi connectivity index (χ1) is 25.3. The summed E-state index contributed by atoms with van der Waals surface area (Å²) in [6.07, 6.45) is 0. The van der Waals surface area contributed by atoms with Crippen molar-refractivity contribution >= 4 is 70.5 Å². The van der Waals surface area contributed by atoms with E-state index in [0.717, 1.165) is 44.6 Å². The number of anilines is 3. The zero-order valence-electron chi connectivity index (χ0n) is 27.7. The highest BCUT2D eigenvalue weighted by molar-refractivity contribution is 7.26. The Balaban J connectivity index is 1.22. The first-order valence-electron chi connectivity index (χ1n) is 17.3. The van der Waals surface area contributed by atoms with Gasteiger partial charge in [-0.05, 0) is 70.3 Å². The Kier molecular flexibility index (Phi) is 7.04. The Hall–Kier alpha value is -6.42. The van der Waals surface area contributed by atoms with Crippen LogP contribution in [0.3, 0.4) is 0 Å². The summed E-state index contributed by atoms with van der Waals surface area (Å²) in [6.45, 7) is 0. The fourth-order valence-corrected chi connectivity index (χ4v) is 8.64. The van der Waals surface area contributed by atoms with Crippen molar-refractivity contribution in [1.82, 2.24) is 0 Å². The molecule has 0 aliphatic rings. The molecule has 0 aliphatic heterocycles. The molecule has 0 radical (unpaired) electrons. The predicted octanol–water partition coefficient (Wildman–Crippen LogP) is 14.4. The Morgan fingerprint density at radius 1 is 0.373 bits per heavy atom. The van der Waals surface area contributed by atoms with E-state index in [1.54, 1.807) is 0 Å². The maximum Gasteiger partial charge on any atom is 0.137 e. The zero-order chi connectivity index (χ0) is 33.7. The highest BCUT2D eigenvalue weighted by Crippen LogP contribution is 2.50. The van der Waals surface area contributed by atoms with E-state index < -0.39 is 0 Å². The number of hydrogen-bond donors (Lipinski definition) is 0. The monoisotopic (exact) mass is 669 g/mol. The summed E-state index contributed by atoms with van der Waals surface area (Å²) in [6, 6.07) is 67.3. The van der Waals surface area contributed by atoms with Crippen LogP contribution in [0.5, 0.6) is 0 Å². The van der Waals surface area contributed by atoms with Gasteiger partial charge >= 0.3 is 0 Å². The lowest BCUT2D eigenvalue weighted by atomic mass is 9.98. The molecular formula is C48H31NOS. The third kappa shape index (κ3) is 5.10. The summed E-state index contributed by atoms with van der Waals surface area (Å²) < 4.78 is 9.21. The van der Waals surface area contributed by atoms with E-state index in [9.17, 15) is 0 Å². The third-order valence-corrected chi connectivity index (χ3v) is 11.1. The molecule has 2 heterocycles. The SMILES string of the molecule is c1ccc(-c2ccc(N(c3ccc4c(c3)oc3cc(-c5ccccc5)ccc34)c3c(-c4ccccc4)ccc4c3sc3ccccc34)cc2)cc1. The van der Waals surface area contributed by atoms with Gasteiger partial charge in [0.25, 0.3) is 0 Å². The molecule has 0 fully saturated rings. The summed E-state index contributed by atoms with van der Waals surface area (Å²) >= 11 is 1.86. The van der Waals surface area contributed by atoms with Crippen LogP contribution in [0.4, 0.5) is 17.1 Å². The van der Waals surface area contributed by atoms with Crippen molar-refractivity contribution in [1.29, 1.82) is 0 Å². The molecule has 0 atom stereocenters. The molecule has 240 valence electrons. The van der Waals surface area contributed by atoms with Gasteiger partial charge < -0.3 is 9.32 Å². The average Bonchev–Trinajstić information content (AvgIpc) is 3.77. The molecule has 0 aliphatic carbocycles. The lowest BCUT2D eigenvalue weighted by Crippen LogP contribution is -2.11. The fraction of sp³-hybridized carbons (Fsp3) is 0. The van der Waals surface area contributed by atoms with Crippen molar-refractivity contribution in [3.05, 3.63) is 188 Å². The highest BCUT2D eigenvalue weighted by atomic mass is 32.1. The second-order valence-corrected chi connectivity index (χ2v) is 14.0. The Morgan fingerprint density at radius 3 is 1.63 bits per heavy atom. The van der Waals surface area contributed by atoms with E-state index in [4.69, 9.17) is 4.42 Å². The molecule has 10 rings (SSSR count). The van der Waals surface area contributed by atoms with Crippen LogP contribution in [0, 0.1) is 0 Å². The minimum atomic E-state index is 0.864. The first-order valence-corrected chi connectivity index (χ1v) is 18.1. The van der Waals surface area contributed by atoms with Gasteiger partial charge in [-0.3, -0.25) is 0 Å². The normalized spacial score (nSPS) is 11.5. The second-order valence-electron chi connectivity index (χ2n) is 12.9. The molecule has 0 N–H and O–H groups in total. The van der Waals surface area contributed by atoms with Crippen LogP contribution in [-0.2, 0) is 0 Å².